The lowest BCUT2D eigenvalue weighted by Gasteiger charge is -2.29. The third-order valence-corrected chi connectivity index (χ3v) is 3.82. The van der Waals surface area contributed by atoms with E-state index in [1.165, 1.54) is 0 Å². The zero-order valence-corrected chi connectivity index (χ0v) is 11.4. The third-order valence-electron chi connectivity index (χ3n) is 3.82. The molecule has 2 atom stereocenters. The van der Waals surface area contributed by atoms with Crippen molar-refractivity contribution in [1.82, 2.24) is 10.3 Å². The van der Waals surface area contributed by atoms with Gasteiger partial charge in [-0.3, -0.25) is 0 Å². The van der Waals surface area contributed by atoms with Crippen molar-refractivity contribution in [2.45, 2.75) is 51.7 Å². The van der Waals surface area contributed by atoms with E-state index < -0.39 is 0 Å². The average Bonchev–Trinajstić information content (AvgIpc) is 2.73. The van der Waals surface area contributed by atoms with E-state index in [4.69, 9.17) is 0 Å². The molecule has 0 aromatic carbocycles. The van der Waals surface area contributed by atoms with Gasteiger partial charge in [-0.2, -0.15) is 0 Å². The second-order valence-corrected chi connectivity index (χ2v) is 5.03. The highest BCUT2D eigenvalue weighted by atomic mass is 19.1. The maximum Gasteiger partial charge on any atom is 0.170 e. The molecular formula is C14H22FN3. The highest BCUT2D eigenvalue weighted by Crippen LogP contribution is 2.32. The van der Waals surface area contributed by atoms with Gasteiger partial charge in [0.25, 0.3) is 0 Å². The summed E-state index contributed by atoms with van der Waals surface area (Å²) < 4.78 is 14.5. The van der Waals surface area contributed by atoms with E-state index >= 15 is 0 Å². The predicted molar refractivity (Wildman–Crippen MR) is 72.2 cm³/mol. The first kappa shape index (κ1) is 13.3. The Morgan fingerprint density at radius 2 is 2.28 bits per heavy atom. The number of hydrogen-bond acceptors (Lipinski definition) is 3. The number of halogens is 1. The Morgan fingerprint density at radius 1 is 1.50 bits per heavy atom. The second-order valence-electron chi connectivity index (χ2n) is 5.03. The van der Waals surface area contributed by atoms with Gasteiger partial charge < -0.3 is 10.2 Å². The summed E-state index contributed by atoms with van der Waals surface area (Å²) in [6, 6.07) is 2.55. The normalized spacial score (nSPS) is 23.7. The van der Waals surface area contributed by atoms with Crippen molar-refractivity contribution in [2.75, 3.05) is 11.9 Å². The Bertz CT molecular complexity index is 408. The molecule has 0 spiro atoms. The van der Waals surface area contributed by atoms with Gasteiger partial charge in [-0.25, -0.2) is 9.37 Å². The Balaban J connectivity index is 2.34. The Kier molecular flexibility index (Phi) is 4.17. The number of nitrogens with one attached hydrogen (secondary N) is 1. The first-order valence-corrected chi connectivity index (χ1v) is 6.75. The summed E-state index contributed by atoms with van der Waals surface area (Å²) in [7, 11) is 1.83. The Hall–Kier alpha value is -1.16. The number of hydrogen-bond donors (Lipinski definition) is 1. The van der Waals surface area contributed by atoms with Crippen molar-refractivity contribution in [2.24, 2.45) is 0 Å². The van der Waals surface area contributed by atoms with E-state index in [1.54, 1.807) is 12.3 Å². The van der Waals surface area contributed by atoms with Crippen molar-refractivity contribution < 1.29 is 4.39 Å². The molecule has 100 valence electrons. The minimum Gasteiger partial charge on any atom is -0.349 e. The molecule has 2 unspecified atom stereocenters. The molecule has 1 saturated heterocycles. The smallest absolute Gasteiger partial charge is 0.170 e. The average molecular weight is 251 g/mol. The topological polar surface area (TPSA) is 28.2 Å². The van der Waals surface area contributed by atoms with Gasteiger partial charge in [-0.15, -0.1) is 0 Å². The maximum absolute atomic E-state index is 14.5. The number of nitrogens with zero attached hydrogens (tertiary/aromatic N) is 2. The van der Waals surface area contributed by atoms with Crippen LogP contribution in [0.15, 0.2) is 12.3 Å². The fraction of sp³-hybridized carbons (Fsp3) is 0.643. The number of rotatable bonds is 4. The summed E-state index contributed by atoms with van der Waals surface area (Å²) >= 11 is 0. The van der Waals surface area contributed by atoms with Gasteiger partial charge in [-0.1, -0.05) is 6.92 Å². The monoisotopic (exact) mass is 251 g/mol. The molecule has 3 nitrogen and oxygen atoms in total. The van der Waals surface area contributed by atoms with Crippen molar-refractivity contribution >= 4 is 5.82 Å². The molecule has 1 N–H and O–H groups in total. The lowest BCUT2D eigenvalue weighted by atomic mass is 10.1. The molecule has 18 heavy (non-hydrogen) atoms. The van der Waals surface area contributed by atoms with Gasteiger partial charge in [0.2, 0.25) is 0 Å². The van der Waals surface area contributed by atoms with Gasteiger partial charge in [0.1, 0.15) is 0 Å². The lowest BCUT2D eigenvalue weighted by Crippen LogP contribution is -2.35. The quantitative estimate of drug-likeness (QED) is 0.891. The van der Waals surface area contributed by atoms with Gasteiger partial charge in [0, 0.05) is 30.4 Å². The van der Waals surface area contributed by atoms with Crippen LogP contribution in [0, 0.1) is 5.82 Å². The molecule has 2 rings (SSSR count). The van der Waals surface area contributed by atoms with Crippen LogP contribution in [0.3, 0.4) is 0 Å². The van der Waals surface area contributed by atoms with Crippen LogP contribution in [-0.4, -0.2) is 24.1 Å². The van der Waals surface area contributed by atoms with Crippen molar-refractivity contribution in [3.05, 3.63) is 23.6 Å². The molecule has 2 heterocycles. The van der Waals surface area contributed by atoms with E-state index in [0.717, 1.165) is 19.3 Å². The Labute approximate surface area is 108 Å². The lowest BCUT2D eigenvalue weighted by molar-refractivity contribution is 0.558. The minimum atomic E-state index is -0.168. The summed E-state index contributed by atoms with van der Waals surface area (Å²) in [5, 5.41) is 2.99. The summed E-state index contributed by atoms with van der Waals surface area (Å²) in [4.78, 5) is 6.44. The second kappa shape index (κ2) is 5.65. The van der Waals surface area contributed by atoms with Crippen LogP contribution < -0.4 is 10.2 Å². The minimum absolute atomic E-state index is 0.168. The number of anilines is 1. The SMILES string of the molecule is CCC1CCC(C)N1c1nccc(CNC)c1F. The first-order valence-electron chi connectivity index (χ1n) is 6.75. The van der Waals surface area contributed by atoms with Crippen LogP contribution in [-0.2, 0) is 6.54 Å². The van der Waals surface area contributed by atoms with Crippen LogP contribution in [0.1, 0.15) is 38.7 Å². The van der Waals surface area contributed by atoms with Crippen molar-refractivity contribution in [1.29, 1.82) is 0 Å². The summed E-state index contributed by atoms with van der Waals surface area (Å²) in [6.07, 6.45) is 5.01. The molecule has 1 aliphatic rings. The summed E-state index contributed by atoms with van der Waals surface area (Å²) in [5.74, 6) is 0.360. The van der Waals surface area contributed by atoms with Crippen molar-refractivity contribution in [3.8, 4) is 0 Å². The molecule has 1 aromatic heterocycles. The molecular weight excluding hydrogens is 229 g/mol. The molecule has 0 bridgehead atoms. The molecule has 1 aliphatic heterocycles. The third kappa shape index (κ3) is 2.34. The molecule has 4 heteroatoms. The van der Waals surface area contributed by atoms with Crippen LogP contribution in [0.4, 0.5) is 10.2 Å². The molecule has 0 amide bonds. The zero-order chi connectivity index (χ0) is 13.1. The zero-order valence-electron chi connectivity index (χ0n) is 11.4. The largest absolute Gasteiger partial charge is 0.349 e. The highest BCUT2D eigenvalue weighted by molar-refractivity contribution is 5.46. The van der Waals surface area contributed by atoms with Gasteiger partial charge in [0.15, 0.2) is 11.6 Å². The van der Waals surface area contributed by atoms with E-state index in [0.29, 0.717) is 30.0 Å². The van der Waals surface area contributed by atoms with Crippen LogP contribution in [0.2, 0.25) is 0 Å². The standard InChI is InChI=1S/C14H22FN3/c1-4-12-6-5-10(2)18(12)14-13(15)11(9-16-3)7-8-17-14/h7-8,10,12,16H,4-6,9H2,1-3H3. The van der Waals surface area contributed by atoms with Gasteiger partial charge >= 0.3 is 0 Å². The predicted octanol–water partition coefficient (Wildman–Crippen LogP) is 2.71. The fourth-order valence-corrected chi connectivity index (χ4v) is 2.83. The maximum atomic E-state index is 14.5. The van der Waals surface area contributed by atoms with Crippen LogP contribution in [0.25, 0.3) is 0 Å². The van der Waals surface area contributed by atoms with Gasteiger partial charge in [0.05, 0.1) is 0 Å². The van der Waals surface area contributed by atoms with E-state index in [9.17, 15) is 4.39 Å². The molecule has 0 radical (unpaired) electrons. The van der Waals surface area contributed by atoms with Gasteiger partial charge in [-0.05, 0) is 39.3 Å². The molecule has 1 fully saturated rings. The molecule has 0 aliphatic carbocycles. The van der Waals surface area contributed by atoms with E-state index in [1.807, 2.05) is 7.05 Å². The van der Waals surface area contributed by atoms with Crippen molar-refractivity contribution in [3.63, 3.8) is 0 Å². The summed E-state index contributed by atoms with van der Waals surface area (Å²) in [6.45, 7) is 4.85. The molecule has 0 saturated carbocycles. The highest BCUT2D eigenvalue weighted by Gasteiger charge is 2.32. The van der Waals surface area contributed by atoms with Crippen LogP contribution >= 0.6 is 0 Å². The summed E-state index contributed by atoms with van der Waals surface area (Å²) in [5.41, 5.74) is 0.691. The fourth-order valence-electron chi connectivity index (χ4n) is 2.83. The van der Waals surface area contributed by atoms with E-state index in [2.05, 4.69) is 29.0 Å². The molecule has 1 aromatic rings. The van der Waals surface area contributed by atoms with Crippen LogP contribution in [0.5, 0.6) is 0 Å². The Morgan fingerprint density at radius 3 is 2.94 bits per heavy atom. The number of pyridine rings is 1. The number of aromatic nitrogens is 1. The first-order chi connectivity index (χ1) is 8.69. The van der Waals surface area contributed by atoms with E-state index in [-0.39, 0.29) is 5.82 Å².